The largest absolute Gasteiger partial charge is 0.381 e. The van der Waals surface area contributed by atoms with Crippen molar-refractivity contribution in [3.63, 3.8) is 0 Å². The minimum absolute atomic E-state index is 0.313. The number of hydrogen-bond donors (Lipinski definition) is 1. The molecule has 0 saturated carbocycles. The highest BCUT2D eigenvalue weighted by Crippen LogP contribution is 2.30. The monoisotopic (exact) mass is 290 g/mol. The van der Waals surface area contributed by atoms with Gasteiger partial charge in [0.25, 0.3) is 0 Å². The van der Waals surface area contributed by atoms with E-state index in [0.29, 0.717) is 16.7 Å². The molecule has 0 spiro atoms. The lowest BCUT2D eigenvalue weighted by atomic mass is 9.92. The molecule has 0 aliphatic carbocycles. The third-order valence-corrected chi connectivity index (χ3v) is 4.29. The number of nitrogens with one attached hydrogen (secondary N) is 1. The number of nitrogens with zero attached hydrogens (tertiary/aromatic N) is 3. The summed E-state index contributed by atoms with van der Waals surface area (Å²) in [4.78, 5) is 4.05. The molecule has 1 unspecified atom stereocenters. The normalized spacial score (nSPS) is 18.1. The Morgan fingerprint density at radius 2 is 2.05 bits per heavy atom. The van der Waals surface area contributed by atoms with Crippen molar-refractivity contribution < 1.29 is 4.74 Å². The summed E-state index contributed by atoms with van der Waals surface area (Å²) in [6.45, 7) is 3.89. The van der Waals surface area contributed by atoms with Crippen LogP contribution in [0.15, 0.2) is 24.5 Å². The van der Waals surface area contributed by atoms with E-state index in [9.17, 15) is 0 Å². The molecular weight excluding hydrogens is 272 g/mol. The topological polar surface area (TPSA) is 55.7 Å². The molecule has 106 valence electrons. The van der Waals surface area contributed by atoms with Gasteiger partial charge in [-0.2, -0.15) is 5.10 Å². The standard InChI is InChI=1S/C14H18N4OS/c1-10(11-4-8-19-9-5-11)18-13(16-17-14(18)20)12-2-6-15-7-3-12/h2-3,6-7,10-11H,4-5,8-9H2,1H3,(H,17,20). The molecule has 1 N–H and O–H groups in total. The van der Waals surface area contributed by atoms with Gasteiger partial charge in [0, 0.05) is 37.2 Å². The van der Waals surface area contributed by atoms with Crippen LogP contribution in [0.3, 0.4) is 0 Å². The fraction of sp³-hybridized carbons (Fsp3) is 0.500. The highest BCUT2D eigenvalue weighted by Gasteiger charge is 2.24. The van der Waals surface area contributed by atoms with Gasteiger partial charge in [0.05, 0.1) is 0 Å². The van der Waals surface area contributed by atoms with Crippen molar-refractivity contribution in [2.24, 2.45) is 5.92 Å². The van der Waals surface area contributed by atoms with Crippen LogP contribution in [0.1, 0.15) is 25.8 Å². The molecule has 0 bridgehead atoms. The second-order valence-electron chi connectivity index (χ2n) is 5.15. The fourth-order valence-electron chi connectivity index (χ4n) is 2.80. The first kappa shape index (κ1) is 13.5. The van der Waals surface area contributed by atoms with E-state index in [4.69, 9.17) is 17.0 Å². The van der Waals surface area contributed by atoms with E-state index in [1.165, 1.54) is 0 Å². The molecule has 3 heterocycles. The average molecular weight is 290 g/mol. The van der Waals surface area contributed by atoms with E-state index in [1.807, 2.05) is 12.1 Å². The zero-order chi connectivity index (χ0) is 13.9. The third kappa shape index (κ3) is 2.53. The summed E-state index contributed by atoms with van der Waals surface area (Å²) < 4.78 is 8.25. The lowest BCUT2D eigenvalue weighted by Crippen LogP contribution is -2.24. The molecule has 1 aliphatic rings. The molecule has 2 aromatic heterocycles. The Labute approximate surface area is 123 Å². The van der Waals surface area contributed by atoms with Gasteiger partial charge in [-0.15, -0.1) is 0 Å². The molecular formula is C14H18N4OS. The number of ether oxygens (including phenoxy) is 1. The SMILES string of the molecule is CC(C1CCOCC1)n1c(-c2ccncc2)n[nH]c1=S. The van der Waals surface area contributed by atoms with Crippen LogP contribution >= 0.6 is 12.2 Å². The first-order chi connectivity index (χ1) is 9.77. The average Bonchev–Trinajstić information content (AvgIpc) is 2.90. The molecule has 1 aliphatic heterocycles. The molecule has 1 saturated heterocycles. The minimum atomic E-state index is 0.313. The Bertz CT molecular complexity index is 616. The van der Waals surface area contributed by atoms with Gasteiger partial charge in [0.2, 0.25) is 0 Å². The number of aromatic nitrogens is 4. The first-order valence-electron chi connectivity index (χ1n) is 6.92. The van der Waals surface area contributed by atoms with Crippen LogP contribution in [-0.4, -0.2) is 33.0 Å². The smallest absolute Gasteiger partial charge is 0.195 e. The lowest BCUT2D eigenvalue weighted by molar-refractivity contribution is 0.0513. The van der Waals surface area contributed by atoms with Crippen LogP contribution in [0.5, 0.6) is 0 Å². The molecule has 1 fully saturated rings. The maximum atomic E-state index is 5.45. The van der Waals surface area contributed by atoms with Gasteiger partial charge in [0.15, 0.2) is 10.6 Å². The van der Waals surface area contributed by atoms with E-state index in [-0.39, 0.29) is 0 Å². The van der Waals surface area contributed by atoms with Gasteiger partial charge in [-0.05, 0) is 50.0 Å². The predicted molar refractivity (Wildman–Crippen MR) is 78.9 cm³/mol. The second-order valence-corrected chi connectivity index (χ2v) is 5.54. The molecule has 6 heteroatoms. The van der Waals surface area contributed by atoms with Gasteiger partial charge < -0.3 is 4.74 Å². The summed E-state index contributed by atoms with van der Waals surface area (Å²) >= 11 is 5.42. The van der Waals surface area contributed by atoms with Crippen molar-refractivity contribution in [2.45, 2.75) is 25.8 Å². The van der Waals surface area contributed by atoms with Gasteiger partial charge in [0.1, 0.15) is 0 Å². The zero-order valence-electron chi connectivity index (χ0n) is 11.5. The van der Waals surface area contributed by atoms with Crippen molar-refractivity contribution in [1.29, 1.82) is 0 Å². The Morgan fingerprint density at radius 3 is 2.75 bits per heavy atom. The van der Waals surface area contributed by atoms with E-state index in [1.54, 1.807) is 12.4 Å². The van der Waals surface area contributed by atoms with Crippen LogP contribution < -0.4 is 0 Å². The van der Waals surface area contributed by atoms with E-state index in [0.717, 1.165) is 37.4 Å². The van der Waals surface area contributed by atoms with Crippen LogP contribution in [0, 0.1) is 10.7 Å². The van der Waals surface area contributed by atoms with Crippen molar-refractivity contribution in [3.05, 3.63) is 29.3 Å². The fourth-order valence-corrected chi connectivity index (χ4v) is 3.09. The van der Waals surface area contributed by atoms with Gasteiger partial charge in [-0.3, -0.25) is 14.6 Å². The summed E-state index contributed by atoms with van der Waals surface area (Å²) in [5, 5.41) is 7.31. The Morgan fingerprint density at radius 1 is 1.35 bits per heavy atom. The van der Waals surface area contributed by atoms with Crippen molar-refractivity contribution >= 4 is 12.2 Å². The van der Waals surface area contributed by atoms with E-state index < -0.39 is 0 Å². The van der Waals surface area contributed by atoms with Crippen LogP contribution in [0.2, 0.25) is 0 Å². The number of hydrogen-bond acceptors (Lipinski definition) is 4. The molecule has 20 heavy (non-hydrogen) atoms. The van der Waals surface area contributed by atoms with Crippen LogP contribution in [0.4, 0.5) is 0 Å². The van der Waals surface area contributed by atoms with Gasteiger partial charge in [-0.25, -0.2) is 0 Å². The molecule has 0 amide bonds. The Hall–Kier alpha value is -1.53. The molecule has 5 nitrogen and oxygen atoms in total. The third-order valence-electron chi connectivity index (χ3n) is 4.00. The maximum Gasteiger partial charge on any atom is 0.195 e. The van der Waals surface area contributed by atoms with E-state index >= 15 is 0 Å². The highest BCUT2D eigenvalue weighted by molar-refractivity contribution is 7.71. The van der Waals surface area contributed by atoms with Crippen molar-refractivity contribution in [1.82, 2.24) is 19.7 Å². The minimum Gasteiger partial charge on any atom is -0.381 e. The molecule has 1 atom stereocenters. The Kier molecular flexibility index (Phi) is 3.93. The summed E-state index contributed by atoms with van der Waals surface area (Å²) in [6.07, 6.45) is 5.70. The highest BCUT2D eigenvalue weighted by atomic mass is 32.1. The van der Waals surface area contributed by atoms with E-state index in [2.05, 4.69) is 26.7 Å². The maximum absolute atomic E-state index is 5.45. The number of H-pyrrole nitrogens is 1. The Balaban J connectivity index is 1.96. The van der Waals surface area contributed by atoms with Gasteiger partial charge >= 0.3 is 0 Å². The quantitative estimate of drug-likeness (QED) is 0.883. The summed E-state index contributed by atoms with van der Waals surface area (Å²) in [6, 6.07) is 4.23. The number of rotatable bonds is 3. The molecule has 2 aromatic rings. The van der Waals surface area contributed by atoms with Crippen molar-refractivity contribution in [3.8, 4) is 11.4 Å². The summed E-state index contributed by atoms with van der Waals surface area (Å²) in [7, 11) is 0. The molecule has 0 radical (unpaired) electrons. The van der Waals surface area contributed by atoms with Crippen LogP contribution in [-0.2, 0) is 4.74 Å². The predicted octanol–water partition coefficient (Wildman–Crippen LogP) is 2.99. The summed E-state index contributed by atoms with van der Waals surface area (Å²) in [5.41, 5.74) is 1.03. The second kappa shape index (κ2) is 5.85. The molecule has 3 rings (SSSR count). The molecule has 0 aromatic carbocycles. The first-order valence-corrected chi connectivity index (χ1v) is 7.33. The van der Waals surface area contributed by atoms with Crippen molar-refractivity contribution in [2.75, 3.05) is 13.2 Å². The zero-order valence-corrected chi connectivity index (χ0v) is 12.3. The van der Waals surface area contributed by atoms with Gasteiger partial charge in [-0.1, -0.05) is 0 Å². The number of pyridine rings is 1. The number of aromatic amines is 1. The van der Waals surface area contributed by atoms with Crippen LogP contribution in [0.25, 0.3) is 11.4 Å². The lowest BCUT2D eigenvalue weighted by Gasteiger charge is -2.29. The summed E-state index contributed by atoms with van der Waals surface area (Å²) in [5.74, 6) is 1.46.